The summed E-state index contributed by atoms with van der Waals surface area (Å²) in [4.78, 5) is 0. The summed E-state index contributed by atoms with van der Waals surface area (Å²) < 4.78 is 0. The average Bonchev–Trinajstić information content (AvgIpc) is 2.00. The summed E-state index contributed by atoms with van der Waals surface area (Å²) in [5, 5.41) is 0. The zero-order valence-electron chi connectivity index (χ0n) is 11.5. The summed E-state index contributed by atoms with van der Waals surface area (Å²) in [7, 11) is 0. The Kier molecular flexibility index (Phi) is 3.19. The van der Waals surface area contributed by atoms with Crippen molar-refractivity contribution >= 4 is 0 Å². The van der Waals surface area contributed by atoms with Gasteiger partial charge in [0, 0.05) is 0 Å². The zero-order valence-corrected chi connectivity index (χ0v) is 11.5. The first-order chi connectivity index (χ1) is 6.62. The van der Waals surface area contributed by atoms with E-state index in [9.17, 15) is 0 Å². The molecular formula is C15H26. The van der Waals surface area contributed by atoms with Crippen LogP contribution in [0.4, 0.5) is 0 Å². The molecule has 0 heteroatoms. The van der Waals surface area contributed by atoms with Crippen LogP contribution in [0.3, 0.4) is 0 Å². The molecule has 0 amide bonds. The predicted molar refractivity (Wildman–Crippen MR) is 68.9 cm³/mol. The lowest BCUT2D eigenvalue weighted by molar-refractivity contribution is 0.424. The Morgan fingerprint density at radius 1 is 0.867 bits per heavy atom. The Morgan fingerprint density at radius 3 is 1.73 bits per heavy atom. The largest absolute Gasteiger partial charge is 0.0812 e. The number of allylic oxidation sites excluding steroid dienone is 4. The highest BCUT2D eigenvalue weighted by Gasteiger charge is 2.28. The van der Waals surface area contributed by atoms with Gasteiger partial charge in [-0.05, 0) is 30.6 Å². The maximum absolute atomic E-state index is 2.40. The summed E-state index contributed by atoms with van der Waals surface area (Å²) in [5.41, 5.74) is 5.49. The Hall–Kier alpha value is -0.520. The lowest BCUT2D eigenvalue weighted by atomic mass is 9.70. The summed E-state index contributed by atoms with van der Waals surface area (Å²) in [6.45, 7) is 16.3. The molecule has 0 aromatic rings. The van der Waals surface area contributed by atoms with E-state index >= 15 is 0 Å². The van der Waals surface area contributed by atoms with Crippen LogP contribution in [0.25, 0.3) is 0 Å². The quantitative estimate of drug-likeness (QED) is 0.483. The lowest BCUT2D eigenvalue weighted by Crippen LogP contribution is -2.21. The van der Waals surface area contributed by atoms with Gasteiger partial charge in [-0.15, -0.1) is 0 Å². The second-order valence-electron chi connectivity index (χ2n) is 6.89. The molecule has 0 unspecified atom stereocenters. The van der Waals surface area contributed by atoms with Gasteiger partial charge in [-0.3, -0.25) is 0 Å². The third-order valence-corrected chi connectivity index (χ3v) is 3.29. The van der Waals surface area contributed by atoms with Gasteiger partial charge >= 0.3 is 0 Å². The van der Waals surface area contributed by atoms with Gasteiger partial charge < -0.3 is 0 Å². The summed E-state index contributed by atoms with van der Waals surface area (Å²) in [6.07, 6.45) is 4.73. The van der Waals surface area contributed by atoms with Crippen LogP contribution in [0, 0.1) is 10.8 Å². The van der Waals surface area contributed by atoms with E-state index in [0.29, 0.717) is 10.8 Å². The number of hydrogen-bond donors (Lipinski definition) is 0. The summed E-state index contributed by atoms with van der Waals surface area (Å²) >= 11 is 0. The van der Waals surface area contributed by atoms with Crippen LogP contribution >= 0.6 is 0 Å². The first kappa shape index (κ1) is 12.5. The molecule has 0 bridgehead atoms. The highest BCUT2D eigenvalue weighted by Crippen LogP contribution is 2.43. The van der Waals surface area contributed by atoms with Crippen LogP contribution in [0.1, 0.15) is 61.3 Å². The topological polar surface area (TPSA) is 0 Å². The molecule has 0 N–H and O–H groups in total. The van der Waals surface area contributed by atoms with Crippen molar-refractivity contribution in [2.75, 3.05) is 0 Å². The first-order valence-electron chi connectivity index (χ1n) is 6.01. The van der Waals surface area contributed by atoms with E-state index in [-0.39, 0.29) is 0 Å². The number of rotatable bonds is 0. The average molecular weight is 206 g/mol. The van der Waals surface area contributed by atoms with E-state index in [2.05, 4.69) is 54.5 Å². The van der Waals surface area contributed by atoms with Crippen molar-refractivity contribution in [3.63, 3.8) is 0 Å². The molecule has 0 heterocycles. The van der Waals surface area contributed by atoms with Crippen LogP contribution in [0.5, 0.6) is 0 Å². The molecule has 1 aliphatic rings. The predicted octanol–water partition coefficient (Wildman–Crippen LogP) is 5.12. The molecular weight excluding hydrogens is 180 g/mol. The van der Waals surface area contributed by atoms with E-state index in [1.54, 1.807) is 11.1 Å². The summed E-state index contributed by atoms with van der Waals surface area (Å²) in [5.74, 6) is 0. The Morgan fingerprint density at radius 2 is 1.33 bits per heavy atom. The number of hydrogen-bond acceptors (Lipinski definition) is 0. The van der Waals surface area contributed by atoms with Gasteiger partial charge in [0.2, 0.25) is 0 Å². The molecule has 0 aromatic heterocycles. The molecule has 0 saturated heterocycles. The van der Waals surface area contributed by atoms with Crippen LogP contribution in [-0.2, 0) is 0 Å². The van der Waals surface area contributed by atoms with Crippen molar-refractivity contribution in [3.8, 4) is 0 Å². The molecule has 86 valence electrons. The second-order valence-corrected chi connectivity index (χ2v) is 6.89. The van der Waals surface area contributed by atoms with Crippen molar-refractivity contribution in [2.45, 2.75) is 61.3 Å². The fraction of sp³-hybridized carbons (Fsp3) is 0.733. The maximum Gasteiger partial charge on any atom is -0.0103 e. The van der Waals surface area contributed by atoms with Gasteiger partial charge in [0.15, 0.2) is 0 Å². The van der Waals surface area contributed by atoms with E-state index in [0.717, 1.165) is 6.42 Å². The minimum absolute atomic E-state index is 0.318. The highest BCUT2D eigenvalue weighted by molar-refractivity contribution is 5.34. The van der Waals surface area contributed by atoms with Crippen molar-refractivity contribution in [1.29, 1.82) is 0 Å². The fourth-order valence-electron chi connectivity index (χ4n) is 2.33. The molecule has 0 spiro atoms. The Bertz CT molecular complexity index is 300. The molecule has 1 aliphatic carbocycles. The van der Waals surface area contributed by atoms with Crippen LogP contribution in [0.15, 0.2) is 22.8 Å². The van der Waals surface area contributed by atoms with Crippen LogP contribution in [0.2, 0.25) is 0 Å². The van der Waals surface area contributed by atoms with E-state index in [1.165, 1.54) is 12.0 Å². The minimum atomic E-state index is 0.318. The molecule has 0 saturated carbocycles. The molecule has 0 nitrogen and oxygen atoms in total. The Labute approximate surface area is 95.5 Å². The standard InChI is InChI=1S/C15H26/c1-11-8-9-12(14(2,3)4)13(10-11)15(5,6)7/h8H,9-10H2,1-7H3. The van der Waals surface area contributed by atoms with E-state index in [4.69, 9.17) is 0 Å². The van der Waals surface area contributed by atoms with Crippen molar-refractivity contribution in [2.24, 2.45) is 10.8 Å². The SMILES string of the molecule is CC1=CCC(C(C)(C)C)=C(C(C)(C)C)C1. The summed E-state index contributed by atoms with van der Waals surface area (Å²) in [6, 6.07) is 0. The van der Waals surface area contributed by atoms with Crippen molar-refractivity contribution < 1.29 is 0 Å². The molecule has 0 aliphatic heterocycles. The van der Waals surface area contributed by atoms with Crippen molar-refractivity contribution in [3.05, 3.63) is 22.8 Å². The molecule has 0 fully saturated rings. The normalized spacial score (nSPS) is 19.3. The van der Waals surface area contributed by atoms with Gasteiger partial charge in [0.25, 0.3) is 0 Å². The molecule has 1 rings (SSSR count). The van der Waals surface area contributed by atoms with Crippen molar-refractivity contribution in [1.82, 2.24) is 0 Å². The Balaban J connectivity index is 3.16. The fourth-order valence-corrected chi connectivity index (χ4v) is 2.33. The molecule has 0 aromatic carbocycles. The second kappa shape index (κ2) is 3.81. The molecule has 0 radical (unpaired) electrons. The smallest absolute Gasteiger partial charge is 0.0103 e. The monoisotopic (exact) mass is 206 g/mol. The van der Waals surface area contributed by atoms with Gasteiger partial charge in [0.1, 0.15) is 0 Å². The maximum atomic E-state index is 2.40. The lowest BCUT2D eigenvalue weighted by Gasteiger charge is -2.36. The first-order valence-corrected chi connectivity index (χ1v) is 6.01. The van der Waals surface area contributed by atoms with E-state index < -0.39 is 0 Å². The van der Waals surface area contributed by atoms with Crippen LogP contribution < -0.4 is 0 Å². The third kappa shape index (κ3) is 2.96. The molecule has 15 heavy (non-hydrogen) atoms. The van der Waals surface area contributed by atoms with E-state index in [1.807, 2.05) is 0 Å². The highest BCUT2D eigenvalue weighted by atomic mass is 14.3. The zero-order chi connectivity index (χ0) is 11.9. The minimum Gasteiger partial charge on any atom is -0.0812 e. The van der Waals surface area contributed by atoms with Gasteiger partial charge in [-0.25, -0.2) is 0 Å². The van der Waals surface area contributed by atoms with Gasteiger partial charge in [-0.1, -0.05) is 64.3 Å². The third-order valence-electron chi connectivity index (χ3n) is 3.29. The van der Waals surface area contributed by atoms with Crippen LogP contribution in [-0.4, -0.2) is 0 Å². The molecule has 0 atom stereocenters. The van der Waals surface area contributed by atoms with Gasteiger partial charge in [-0.2, -0.15) is 0 Å². The van der Waals surface area contributed by atoms with Gasteiger partial charge in [0.05, 0.1) is 0 Å².